The van der Waals surface area contributed by atoms with Gasteiger partial charge in [-0.3, -0.25) is 9.59 Å². The number of rotatable bonds is 6. The first-order valence-corrected chi connectivity index (χ1v) is 12.4. The van der Waals surface area contributed by atoms with E-state index in [0.717, 1.165) is 37.4 Å². The Morgan fingerprint density at radius 3 is 1.97 bits per heavy atom. The number of likely N-dealkylation sites (tertiary alicyclic amines) is 2. The van der Waals surface area contributed by atoms with E-state index in [2.05, 4.69) is 17.3 Å². The molecule has 0 radical (unpaired) electrons. The van der Waals surface area contributed by atoms with Gasteiger partial charge in [-0.25, -0.2) is 0 Å². The highest BCUT2D eigenvalue weighted by Gasteiger charge is 2.41. The number of carbonyl (C=O) groups is 2. The molecule has 0 saturated carbocycles. The average Bonchev–Trinajstić information content (AvgIpc) is 2.89. The Kier molecular flexibility index (Phi) is 9.20. The van der Waals surface area contributed by atoms with Crippen LogP contribution in [-0.2, 0) is 10.3 Å². The molecule has 2 aromatic carbocycles. The van der Waals surface area contributed by atoms with Gasteiger partial charge in [0.15, 0.2) is 0 Å². The third kappa shape index (κ3) is 6.17. The Bertz CT molecular complexity index is 969. The Balaban J connectivity index is 0.00000342. The number of amides is 2. The van der Waals surface area contributed by atoms with Gasteiger partial charge in [-0.1, -0.05) is 30.3 Å². The van der Waals surface area contributed by atoms with Crippen LogP contribution in [0.25, 0.3) is 0 Å². The van der Waals surface area contributed by atoms with Crippen molar-refractivity contribution in [1.29, 1.82) is 0 Å². The fraction of sp³-hybridized carbons (Fsp3) is 0.500. The van der Waals surface area contributed by atoms with Crippen molar-refractivity contribution in [2.75, 3.05) is 40.3 Å². The number of nitrogens with one attached hydrogen (secondary N) is 1. The summed E-state index contributed by atoms with van der Waals surface area (Å²) < 4.78 is 5.20. The van der Waals surface area contributed by atoms with Crippen molar-refractivity contribution >= 4 is 24.2 Å². The fourth-order valence-electron chi connectivity index (χ4n) is 5.45. The van der Waals surface area contributed by atoms with Crippen LogP contribution in [-0.4, -0.2) is 62.0 Å². The van der Waals surface area contributed by atoms with E-state index >= 15 is 0 Å². The molecule has 2 aliphatic heterocycles. The van der Waals surface area contributed by atoms with Crippen molar-refractivity contribution < 1.29 is 14.3 Å². The molecule has 35 heavy (non-hydrogen) atoms. The zero-order valence-corrected chi connectivity index (χ0v) is 21.9. The molecule has 0 spiro atoms. The quantitative estimate of drug-likeness (QED) is 0.642. The van der Waals surface area contributed by atoms with Gasteiger partial charge in [0.1, 0.15) is 11.3 Å². The van der Waals surface area contributed by atoms with Gasteiger partial charge in [-0.15, -0.1) is 12.4 Å². The molecule has 6 nitrogen and oxygen atoms in total. The van der Waals surface area contributed by atoms with Crippen LogP contribution >= 0.6 is 12.4 Å². The van der Waals surface area contributed by atoms with Crippen LogP contribution < -0.4 is 10.1 Å². The normalized spacial score (nSPS) is 19.3. The van der Waals surface area contributed by atoms with E-state index in [-0.39, 0.29) is 24.2 Å². The number of nitrogens with zero attached hydrogens (tertiary/aromatic N) is 2. The van der Waals surface area contributed by atoms with Gasteiger partial charge < -0.3 is 19.9 Å². The summed E-state index contributed by atoms with van der Waals surface area (Å²) in [5.41, 5.74) is 0.148. The monoisotopic (exact) mass is 499 g/mol. The molecular formula is C28H38ClN3O3. The maximum absolute atomic E-state index is 13.9. The Hall–Kier alpha value is -2.57. The van der Waals surface area contributed by atoms with E-state index in [9.17, 15) is 9.59 Å². The largest absolute Gasteiger partial charge is 0.497 e. The average molecular weight is 500 g/mol. The van der Waals surface area contributed by atoms with Crippen LogP contribution in [0.2, 0.25) is 0 Å². The van der Waals surface area contributed by atoms with Gasteiger partial charge in [0, 0.05) is 18.7 Å². The lowest BCUT2D eigenvalue weighted by molar-refractivity contribution is -0.139. The summed E-state index contributed by atoms with van der Waals surface area (Å²) in [4.78, 5) is 31.4. The summed E-state index contributed by atoms with van der Waals surface area (Å²) in [6.45, 7) is 5.67. The molecular weight excluding hydrogens is 462 g/mol. The molecule has 2 saturated heterocycles. The van der Waals surface area contributed by atoms with E-state index in [1.165, 1.54) is 25.9 Å². The number of carbonyl (C=O) groups excluding carboxylic acids is 2. The highest BCUT2D eigenvalue weighted by Crippen LogP contribution is 2.34. The second-order valence-corrected chi connectivity index (χ2v) is 9.94. The number of halogens is 1. The molecule has 190 valence electrons. The van der Waals surface area contributed by atoms with Crippen molar-refractivity contribution in [3.8, 4) is 5.75 Å². The summed E-state index contributed by atoms with van der Waals surface area (Å²) >= 11 is 0. The molecule has 7 heteroatoms. The van der Waals surface area contributed by atoms with Crippen LogP contribution in [0, 0.1) is 11.8 Å². The van der Waals surface area contributed by atoms with E-state index in [4.69, 9.17) is 4.74 Å². The van der Waals surface area contributed by atoms with Crippen LogP contribution in [0.3, 0.4) is 0 Å². The van der Waals surface area contributed by atoms with Gasteiger partial charge in [-0.05, 0) is 94.4 Å². The second-order valence-electron chi connectivity index (χ2n) is 9.94. The lowest BCUT2D eigenvalue weighted by Gasteiger charge is -2.42. The summed E-state index contributed by atoms with van der Waals surface area (Å²) in [5.74, 6) is 1.83. The van der Waals surface area contributed by atoms with Gasteiger partial charge in [0.05, 0.1) is 7.11 Å². The van der Waals surface area contributed by atoms with E-state index < -0.39 is 5.54 Å². The summed E-state index contributed by atoms with van der Waals surface area (Å²) in [5, 5.41) is 3.06. The molecule has 0 unspecified atom stereocenters. The topological polar surface area (TPSA) is 61.9 Å². The maximum Gasteiger partial charge on any atom is 0.252 e. The third-order valence-electron chi connectivity index (χ3n) is 7.75. The highest BCUT2D eigenvalue weighted by atomic mass is 35.5. The van der Waals surface area contributed by atoms with Crippen molar-refractivity contribution in [2.24, 2.45) is 11.8 Å². The van der Waals surface area contributed by atoms with E-state index in [1.807, 2.05) is 42.2 Å². The first-order chi connectivity index (χ1) is 16.4. The number of ether oxygens (including phenoxy) is 1. The molecule has 2 amide bonds. The molecule has 2 aromatic rings. The van der Waals surface area contributed by atoms with Gasteiger partial charge in [0.25, 0.3) is 11.8 Å². The molecule has 0 bridgehead atoms. The number of hydrogen-bond donors (Lipinski definition) is 1. The Labute approximate surface area is 215 Å². The Morgan fingerprint density at radius 1 is 0.886 bits per heavy atom. The first kappa shape index (κ1) is 27.0. The third-order valence-corrected chi connectivity index (χ3v) is 7.75. The first-order valence-electron chi connectivity index (χ1n) is 12.4. The molecule has 4 rings (SSSR count). The van der Waals surface area contributed by atoms with Gasteiger partial charge >= 0.3 is 0 Å². The minimum absolute atomic E-state index is 0. The fourth-order valence-corrected chi connectivity index (χ4v) is 5.45. The lowest BCUT2D eigenvalue weighted by Crippen LogP contribution is -2.57. The highest BCUT2D eigenvalue weighted by molar-refractivity contribution is 5.99. The van der Waals surface area contributed by atoms with E-state index in [1.54, 1.807) is 31.4 Å². The SMILES string of the molecule is COc1ccc(C(=O)N[C@](C)(C(=O)N2CCC(C3CCN(C)CC3)CC2)c2ccccc2)cc1.Cl. The molecule has 0 aliphatic carbocycles. The number of benzene rings is 2. The zero-order chi connectivity index (χ0) is 24.1. The Morgan fingerprint density at radius 2 is 1.43 bits per heavy atom. The molecule has 1 atom stereocenters. The lowest BCUT2D eigenvalue weighted by atomic mass is 9.78. The molecule has 1 N–H and O–H groups in total. The standard InChI is InChI=1S/C28H37N3O3.ClH/c1-28(24-7-5-4-6-8-24,29-26(32)23-9-11-25(34-3)12-10-23)27(33)31-19-15-22(16-20-31)21-13-17-30(2)18-14-21;/h4-12,21-22H,13-20H2,1-3H3,(H,29,32);1H/t28-;/m0./s1. The van der Waals surface area contributed by atoms with Gasteiger partial charge in [-0.2, -0.15) is 0 Å². The smallest absolute Gasteiger partial charge is 0.252 e. The number of piperidine rings is 2. The van der Waals surface area contributed by atoms with Crippen LogP contribution in [0.4, 0.5) is 0 Å². The molecule has 2 fully saturated rings. The second kappa shape index (κ2) is 11.9. The number of hydrogen-bond acceptors (Lipinski definition) is 4. The predicted molar refractivity (Wildman–Crippen MR) is 141 cm³/mol. The minimum atomic E-state index is -1.14. The zero-order valence-electron chi connectivity index (χ0n) is 21.0. The molecule has 0 aromatic heterocycles. The van der Waals surface area contributed by atoms with Crippen molar-refractivity contribution in [3.05, 3.63) is 65.7 Å². The van der Waals surface area contributed by atoms with Crippen LogP contribution in [0.5, 0.6) is 5.75 Å². The maximum atomic E-state index is 13.9. The van der Waals surface area contributed by atoms with Crippen molar-refractivity contribution in [3.63, 3.8) is 0 Å². The van der Waals surface area contributed by atoms with Crippen LogP contribution in [0.15, 0.2) is 54.6 Å². The number of methoxy groups -OCH3 is 1. The predicted octanol–water partition coefficient (Wildman–Crippen LogP) is 4.34. The van der Waals surface area contributed by atoms with Crippen molar-refractivity contribution in [2.45, 2.75) is 38.1 Å². The summed E-state index contributed by atoms with van der Waals surface area (Å²) in [6, 6.07) is 16.5. The van der Waals surface area contributed by atoms with Crippen LogP contribution in [0.1, 0.15) is 48.5 Å². The molecule has 2 heterocycles. The minimum Gasteiger partial charge on any atom is -0.497 e. The summed E-state index contributed by atoms with van der Waals surface area (Å²) in [7, 11) is 3.79. The van der Waals surface area contributed by atoms with Gasteiger partial charge in [0.2, 0.25) is 0 Å². The van der Waals surface area contributed by atoms with Crippen molar-refractivity contribution in [1.82, 2.24) is 15.1 Å². The van der Waals surface area contributed by atoms with E-state index in [0.29, 0.717) is 17.2 Å². The molecule has 2 aliphatic rings. The summed E-state index contributed by atoms with van der Waals surface area (Å²) in [6.07, 6.45) is 4.60.